The maximum Gasteiger partial charge on any atom is 0.340 e. The van der Waals surface area contributed by atoms with E-state index in [4.69, 9.17) is 27.9 Å². The summed E-state index contributed by atoms with van der Waals surface area (Å²) < 4.78 is 5.51. The molecule has 0 saturated heterocycles. The summed E-state index contributed by atoms with van der Waals surface area (Å²) in [6.07, 6.45) is 4.32. The summed E-state index contributed by atoms with van der Waals surface area (Å²) in [6, 6.07) is 1.49. The number of rotatable bonds is 2. The van der Waals surface area contributed by atoms with Gasteiger partial charge >= 0.3 is 5.97 Å². The largest absolute Gasteiger partial charge is 0.459 e. The Morgan fingerprint density at radius 2 is 2.05 bits per heavy atom. The smallest absolute Gasteiger partial charge is 0.340 e. The summed E-state index contributed by atoms with van der Waals surface area (Å²) in [5.41, 5.74) is 0.348. The van der Waals surface area contributed by atoms with Crippen molar-refractivity contribution in [1.29, 1.82) is 0 Å². The van der Waals surface area contributed by atoms with Gasteiger partial charge in [0, 0.05) is 6.20 Å². The summed E-state index contributed by atoms with van der Waals surface area (Å²) in [5.74, 6) is 0.901. The van der Waals surface area contributed by atoms with Crippen LogP contribution in [0.15, 0.2) is 12.3 Å². The van der Waals surface area contributed by atoms with Gasteiger partial charge in [0.15, 0.2) is 0 Å². The summed E-state index contributed by atoms with van der Waals surface area (Å²) in [4.78, 5) is 15.9. The van der Waals surface area contributed by atoms with Gasteiger partial charge in [0.2, 0.25) is 0 Å². The number of hydrogen-bond donors (Lipinski definition) is 0. The van der Waals surface area contributed by atoms with E-state index in [0.717, 1.165) is 19.3 Å². The highest BCUT2D eigenvalue weighted by atomic mass is 35.5. The van der Waals surface area contributed by atoms with Gasteiger partial charge in [-0.2, -0.15) is 0 Å². The van der Waals surface area contributed by atoms with Crippen LogP contribution in [0.4, 0.5) is 0 Å². The molecule has 1 aliphatic rings. The average molecular weight is 302 g/mol. The minimum atomic E-state index is -0.377. The SMILES string of the molecule is CC1CCC(OC(=O)c2cnc(Cl)c(Cl)c2)CC1C. The zero-order valence-electron chi connectivity index (χ0n) is 11.0. The molecular formula is C14H17Cl2NO2. The van der Waals surface area contributed by atoms with E-state index in [1.807, 2.05) is 0 Å². The number of carbonyl (C=O) groups is 1. The maximum absolute atomic E-state index is 12.0. The molecule has 3 nitrogen and oxygen atoms in total. The van der Waals surface area contributed by atoms with E-state index in [9.17, 15) is 4.79 Å². The van der Waals surface area contributed by atoms with Crippen LogP contribution in [0, 0.1) is 11.8 Å². The second-order valence-corrected chi connectivity index (χ2v) is 6.06. The van der Waals surface area contributed by atoms with Crippen LogP contribution in [0.25, 0.3) is 0 Å². The topological polar surface area (TPSA) is 39.2 Å². The summed E-state index contributed by atoms with van der Waals surface area (Å²) >= 11 is 11.6. The van der Waals surface area contributed by atoms with Crippen molar-refractivity contribution in [3.8, 4) is 0 Å². The number of aromatic nitrogens is 1. The first kappa shape index (κ1) is 14.6. The van der Waals surface area contributed by atoms with E-state index < -0.39 is 0 Å². The quantitative estimate of drug-likeness (QED) is 0.601. The fraction of sp³-hybridized carbons (Fsp3) is 0.571. The molecule has 19 heavy (non-hydrogen) atoms. The molecule has 0 bridgehead atoms. The van der Waals surface area contributed by atoms with Crippen molar-refractivity contribution < 1.29 is 9.53 Å². The van der Waals surface area contributed by atoms with Gasteiger partial charge in [-0.25, -0.2) is 9.78 Å². The molecular weight excluding hydrogens is 285 g/mol. The molecule has 2 rings (SSSR count). The fourth-order valence-corrected chi connectivity index (χ4v) is 2.63. The van der Waals surface area contributed by atoms with E-state index in [1.54, 1.807) is 0 Å². The Bertz CT molecular complexity index is 479. The zero-order valence-corrected chi connectivity index (χ0v) is 12.5. The normalized spacial score (nSPS) is 27.1. The van der Waals surface area contributed by atoms with Crippen LogP contribution in [0.5, 0.6) is 0 Å². The van der Waals surface area contributed by atoms with Crippen molar-refractivity contribution in [1.82, 2.24) is 4.98 Å². The summed E-state index contributed by atoms with van der Waals surface area (Å²) in [6.45, 7) is 4.44. The minimum absolute atomic E-state index is 0.00634. The predicted octanol–water partition coefficient (Wildman–Crippen LogP) is 4.37. The van der Waals surface area contributed by atoms with Gasteiger partial charge < -0.3 is 4.74 Å². The van der Waals surface area contributed by atoms with E-state index in [-0.39, 0.29) is 22.2 Å². The number of pyridine rings is 1. The third-order valence-corrected chi connectivity index (χ3v) is 4.54. The molecule has 1 aromatic rings. The van der Waals surface area contributed by atoms with Gasteiger partial charge in [0.05, 0.1) is 10.6 Å². The lowest BCUT2D eigenvalue weighted by Crippen LogP contribution is -2.28. The highest BCUT2D eigenvalue weighted by Gasteiger charge is 2.27. The Kier molecular flexibility index (Phi) is 4.69. The molecule has 0 aliphatic heterocycles. The Labute approximate surface area is 123 Å². The molecule has 1 aromatic heterocycles. The third-order valence-electron chi connectivity index (χ3n) is 3.86. The van der Waals surface area contributed by atoms with Crippen molar-refractivity contribution in [3.63, 3.8) is 0 Å². The number of hydrogen-bond acceptors (Lipinski definition) is 3. The molecule has 0 aromatic carbocycles. The average Bonchev–Trinajstić information content (AvgIpc) is 2.37. The van der Waals surface area contributed by atoms with Gasteiger partial charge in [-0.05, 0) is 37.2 Å². The second-order valence-electron chi connectivity index (χ2n) is 5.29. The Balaban J connectivity index is 1.99. The molecule has 1 saturated carbocycles. The zero-order chi connectivity index (χ0) is 14.0. The lowest BCUT2D eigenvalue weighted by atomic mass is 9.80. The van der Waals surface area contributed by atoms with E-state index >= 15 is 0 Å². The molecule has 0 N–H and O–H groups in total. The Hall–Kier alpha value is -0.800. The number of halogens is 2. The van der Waals surface area contributed by atoms with Crippen LogP contribution in [0.2, 0.25) is 10.2 Å². The van der Waals surface area contributed by atoms with Crippen molar-refractivity contribution in [2.24, 2.45) is 11.8 Å². The van der Waals surface area contributed by atoms with Crippen LogP contribution in [-0.2, 0) is 4.74 Å². The highest BCUT2D eigenvalue weighted by molar-refractivity contribution is 6.41. The van der Waals surface area contributed by atoms with Crippen LogP contribution in [0.1, 0.15) is 43.5 Å². The molecule has 1 fully saturated rings. The minimum Gasteiger partial charge on any atom is -0.459 e. The lowest BCUT2D eigenvalue weighted by Gasteiger charge is -2.31. The third kappa shape index (κ3) is 3.61. The van der Waals surface area contributed by atoms with Crippen molar-refractivity contribution in [2.45, 2.75) is 39.2 Å². The van der Waals surface area contributed by atoms with Crippen molar-refractivity contribution >= 4 is 29.2 Å². The van der Waals surface area contributed by atoms with Gasteiger partial charge in [-0.3, -0.25) is 0 Å². The summed E-state index contributed by atoms with van der Waals surface area (Å²) in [5, 5.41) is 0.458. The monoisotopic (exact) mass is 301 g/mol. The Morgan fingerprint density at radius 3 is 2.68 bits per heavy atom. The molecule has 0 radical (unpaired) electrons. The van der Waals surface area contributed by atoms with Gasteiger partial charge in [-0.15, -0.1) is 0 Å². The van der Waals surface area contributed by atoms with Crippen LogP contribution in [-0.4, -0.2) is 17.1 Å². The van der Waals surface area contributed by atoms with Gasteiger partial charge in [0.1, 0.15) is 11.3 Å². The number of nitrogens with zero attached hydrogens (tertiary/aromatic N) is 1. The molecule has 0 amide bonds. The Morgan fingerprint density at radius 1 is 1.32 bits per heavy atom. The first-order chi connectivity index (χ1) is 8.97. The molecule has 3 unspecified atom stereocenters. The predicted molar refractivity (Wildman–Crippen MR) is 75.6 cm³/mol. The van der Waals surface area contributed by atoms with Gasteiger partial charge in [-0.1, -0.05) is 37.0 Å². The fourth-order valence-electron chi connectivity index (χ4n) is 2.36. The first-order valence-electron chi connectivity index (χ1n) is 6.49. The van der Waals surface area contributed by atoms with Gasteiger partial charge in [0.25, 0.3) is 0 Å². The number of esters is 1. The molecule has 5 heteroatoms. The van der Waals surface area contributed by atoms with Crippen molar-refractivity contribution in [2.75, 3.05) is 0 Å². The lowest BCUT2D eigenvalue weighted by molar-refractivity contribution is 0.00875. The molecule has 0 spiro atoms. The first-order valence-corrected chi connectivity index (χ1v) is 7.25. The van der Waals surface area contributed by atoms with E-state index in [0.29, 0.717) is 17.4 Å². The second kappa shape index (κ2) is 6.10. The summed E-state index contributed by atoms with van der Waals surface area (Å²) in [7, 11) is 0. The molecule has 3 atom stereocenters. The molecule has 1 heterocycles. The number of carbonyl (C=O) groups excluding carboxylic acids is 1. The van der Waals surface area contributed by atoms with Crippen LogP contribution >= 0.6 is 23.2 Å². The van der Waals surface area contributed by atoms with Crippen LogP contribution < -0.4 is 0 Å². The number of ether oxygens (including phenoxy) is 1. The van der Waals surface area contributed by atoms with E-state index in [2.05, 4.69) is 18.8 Å². The highest BCUT2D eigenvalue weighted by Crippen LogP contribution is 2.31. The van der Waals surface area contributed by atoms with Crippen LogP contribution in [0.3, 0.4) is 0 Å². The molecule has 104 valence electrons. The van der Waals surface area contributed by atoms with E-state index in [1.165, 1.54) is 12.3 Å². The molecule has 1 aliphatic carbocycles. The van der Waals surface area contributed by atoms with Crippen molar-refractivity contribution in [3.05, 3.63) is 28.0 Å². The maximum atomic E-state index is 12.0. The standard InChI is InChI=1S/C14H17Cl2NO2/c1-8-3-4-11(5-9(8)2)19-14(18)10-6-12(15)13(16)17-7-10/h6-9,11H,3-5H2,1-2H3.